The summed E-state index contributed by atoms with van der Waals surface area (Å²) in [5.74, 6) is -0.159. The van der Waals surface area contributed by atoms with E-state index in [1.54, 1.807) is 11.9 Å². The van der Waals surface area contributed by atoms with Gasteiger partial charge in [-0.1, -0.05) is 30.3 Å². The highest BCUT2D eigenvalue weighted by Crippen LogP contribution is 2.26. The molecular formula is C17H21N5O3. The largest absolute Gasteiger partial charge is 0.354 e. The van der Waals surface area contributed by atoms with Gasteiger partial charge in [0.15, 0.2) is 0 Å². The number of benzene rings is 1. The van der Waals surface area contributed by atoms with Gasteiger partial charge in [0, 0.05) is 26.6 Å². The minimum Gasteiger partial charge on any atom is -0.354 e. The summed E-state index contributed by atoms with van der Waals surface area (Å²) >= 11 is 0. The lowest BCUT2D eigenvalue weighted by molar-refractivity contribution is -0.134. The summed E-state index contributed by atoms with van der Waals surface area (Å²) in [6.07, 6.45) is 1.82. The Bertz CT molecular complexity index is 811. The van der Waals surface area contributed by atoms with Crippen LogP contribution in [0.5, 0.6) is 0 Å². The fourth-order valence-electron chi connectivity index (χ4n) is 3.02. The zero-order chi connectivity index (χ0) is 17.8. The molecule has 2 aromatic rings. The number of aryl methyl sites for hydroxylation is 2. The van der Waals surface area contributed by atoms with E-state index in [0.717, 1.165) is 5.56 Å². The fourth-order valence-corrected chi connectivity index (χ4v) is 3.02. The molecule has 1 unspecified atom stereocenters. The smallest absolute Gasteiger partial charge is 0.345 e. The molecule has 25 heavy (non-hydrogen) atoms. The van der Waals surface area contributed by atoms with E-state index < -0.39 is 0 Å². The minimum atomic E-state index is -0.295. The van der Waals surface area contributed by atoms with E-state index in [1.807, 2.05) is 30.3 Å². The lowest BCUT2D eigenvalue weighted by Crippen LogP contribution is -2.37. The first-order chi connectivity index (χ1) is 12.1. The molecule has 1 atom stereocenters. The van der Waals surface area contributed by atoms with Crippen molar-refractivity contribution in [2.45, 2.75) is 25.4 Å². The topological polar surface area (TPSA) is 89.2 Å². The van der Waals surface area contributed by atoms with E-state index in [9.17, 15) is 14.4 Å². The SMILES string of the molecule is Cn1cnn(CCC(=O)N2CCNC(=O)CC2c2ccccc2)c1=O. The molecule has 1 N–H and O–H groups in total. The molecular weight excluding hydrogens is 322 g/mol. The average Bonchev–Trinajstić information content (AvgIpc) is 2.82. The molecule has 1 aliphatic rings. The maximum Gasteiger partial charge on any atom is 0.345 e. The molecule has 2 amide bonds. The molecule has 0 radical (unpaired) electrons. The number of nitrogens with zero attached hydrogens (tertiary/aromatic N) is 4. The molecule has 0 bridgehead atoms. The van der Waals surface area contributed by atoms with Crippen molar-refractivity contribution in [3.05, 3.63) is 52.7 Å². The van der Waals surface area contributed by atoms with Gasteiger partial charge in [0.2, 0.25) is 11.8 Å². The van der Waals surface area contributed by atoms with Crippen molar-refractivity contribution in [2.75, 3.05) is 13.1 Å². The summed E-state index contributed by atoms with van der Waals surface area (Å²) in [5, 5.41) is 6.78. The van der Waals surface area contributed by atoms with Crippen LogP contribution in [0.2, 0.25) is 0 Å². The third-order valence-corrected chi connectivity index (χ3v) is 4.36. The van der Waals surface area contributed by atoms with Gasteiger partial charge in [0.1, 0.15) is 6.33 Å². The second-order valence-electron chi connectivity index (χ2n) is 6.07. The molecule has 1 aromatic heterocycles. The molecule has 0 spiro atoms. The van der Waals surface area contributed by atoms with E-state index >= 15 is 0 Å². The van der Waals surface area contributed by atoms with Crippen molar-refractivity contribution in [1.82, 2.24) is 24.6 Å². The number of hydrogen-bond donors (Lipinski definition) is 1. The second kappa shape index (κ2) is 7.33. The van der Waals surface area contributed by atoms with Gasteiger partial charge in [-0.3, -0.25) is 14.2 Å². The summed E-state index contributed by atoms with van der Waals surface area (Å²) in [6, 6.07) is 9.25. The summed E-state index contributed by atoms with van der Waals surface area (Å²) in [6.45, 7) is 1.09. The molecule has 1 fully saturated rings. The Morgan fingerprint density at radius 2 is 2.04 bits per heavy atom. The Morgan fingerprint density at radius 3 is 2.72 bits per heavy atom. The van der Waals surface area contributed by atoms with Gasteiger partial charge in [-0.2, -0.15) is 5.10 Å². The summed E-state index contributed by atoms with van der Waals surface area (Å²) in [7, 11) is 1.62. The van der Waals surface area contributed by atoms with Crippen LogP contribution in [0.15, 0.2) is 41.5 Å². The molecule has 8 heteroatoms. The first-order valence-electron chi connectivity index (χ1n) is 8.26. The van der Waals surface area contributed by atoms with Crippen LogP contribution in [-0.2, 0) is 23.2 Å². The highest BCUT2D eigenvalue weighted by atomic mass is 16.2. The molecule has 1 aliphatic heterocycles. The van der Waals surface area contributed by atoms with E-state index in [2.05, 4.69) is 10.4 Å². The van der Waals surface area contributed by atoms with Crippen LogP contribution in [0.3, 0.4) is 0 Å². The number of hydrogen-bond acceptors (Lipinski definition) is 4. The van der Waals surface area contributed by atoms with Crippen molar-refractivity contribution in [3.8, 4) is 0 Å². The van der Waals surface area contributed by atoms with Gasteiger partial charge in [-0.25, -0.2) is 9.48 Å². The van der Waals surface area contributed by atoms with Gasteiger partial charge in [0.25, 0.3) is 0 Å². The predicted octanol–water partition coefficient (Wildman–Crippen LogP) is 0.0617. The van der Waals surface area contributed by atoms with Crippen LogP contribution in [0.25, 0.3) is 0 Å². The van der Waals surface area contributed by atoms with Crippen molar-refractivity contribution >= 4 is 11.8 Å². The van der Waals surface area contributed by atoms with E-state index in [4.69, 9.17) is 0 Å². The van der Waals surface area contributed by atoms with Crippen LogP contribution in [-0.4, -0.2) is 44.2 Å². The summed E-state index contributed by atoms with van der Waals surface area (Å²) in [5.41, 5.74) is 0.683. The number of amides is 2. The van der Waals surface area contributed by atoms with Crippen LogP contribution in [0.1, 0.15) is 24.4 Å². The van der Waals surface area contributed by atoms with Crippen molar-refractivity contribution in [3.63, 3.8) is 0 Å². The first kappa shape index (κ1) is 16.9. The zero-order valence-corrected chi connectivity index (χ0v) is 14.1. The normalized spacial score (nSPS) is 17.9. The monoisotopic (exact) mass is 343 g/mol. The first-order valence-corrected chi connectivity index (χ1v) is 8.26. The van der Waals surface area contributed by atoms with Crippen molar-refractivity contribution < 1.29 is 9.59 Å². The highest BCUT2D eigenvalue weighted by molar-refractivity contribution is 5.81. The van der Waals surface area contributed by atoms with Gasteiger partial charge in [-0.15, -0.1) is 0 Å². The third kappa shape index (κ3) is 3.78. The Hall–Kier alpha value is -2.90. The number of carbonyl (C=O) groups excluding carboxylic acids is 2. The number of nitrogens with one attached hydrogen (secondary N) is 1. The molecule has 8 nitrogen and oxygen atoms in total. The van der Waals surface area contributed by atoms with Crippen molar-refractivity contribution in [1.29, 1.82) is 0 Å². The van der Waals surface area contributed by atoms with Crippen LogP contribution in [0.4, 0.5) is 0 Å². The maximum absolute atomic E-state index is 12.8. The fraction of sp³-hybridized carbons (Fsp3) is 0.412. The van der Waals surface area contributed by atoms with E-state index in [0.29, 0.717) is 13.1 Å². The molecule has 1 aromatic carbocycles. The summed E-state index contributed by atoms with van der Waals surface area (Å²) in [4.78, 5) is 38.3. The second-order valence-corrected chi connectivity index (χ2v) is 6.07. The molecule has 1 saturated heterocycles. The Kier molecular flexibility index (Phi) is 4.97. The molecule has 0 aliphatic carbocycles. The van der Waals surface area contributed by atoms with Gasteiger partial charge in [-0.05, 0) is 5.56 Å². The Balaban J connectivity index is 1.76. The quantitative estimate of drug-likeness (QED) is 0.850. The Morgan fingerprint density at radius 1 is 1.28 bits per heavy atom. The Labute approximate surface area is 145 Å². The zero-order valence-electron chi connectivity index (χ0n) is 14.1. The van der Waals surface area contributed by atoms with E-state index in [1.165, 1.54) is 15.6 Å². The minimum absolute atomic E-state index is 0.0647. The van der Waals surface area contributed by atoms with Gasteiger partial charge in [0.05, 0.1) is 19.0 Å². The maximum atomic E-state index is 12.8. The van der Waals surface area contributed by atoms with Gasteiger partial charge < -0.3 is 10.2 Å². The third-order valence-electron chi connectivity index (χ3n) is 4.36. The van der Waals surface area contributed by atoms with Crippen molar-refractivity contribution in [2.24, 2.45) is 7.05 Å². The molecule has 132 valence electrons. The van der Waals surface area contributed by atoms with Crippen LogP contribution < -0.4 is 11.0 Å². The van der Waals surface area contributed by atoms with Gasteiger partial charge >= 0.3 is 5.69 Å². The van der Waals surface area contributed by atoms with Crippen LogP contribution >= 0.6 is 0 Å². The highest BCUT2D eigenvalue weighted by Gasteiger charge is 2.29. The number of aromatic nitrogens is 3. The standard InChI is InChI=1S/C17H21N5O3/c1-20-12-19-22(17(20)25)9-7-16(24)21-10-8-18-15(23)11-14(21)13-5-3-2-4-6-13/h2-6,12,14H,7-11H2,1H3,(H,18,23). The average molecular weight is 343 g/mol. The predicted molar refractivity (Wildman–Crippen MR) is 90.6 cm³/mol. The number of carbonyl (C=O) groups is 2. The number of rotatable bonds is 4. The molecule has 2 heterocycles. The van der Waals surface area contributed by atoms with Crippen LogP contribution in [0, 0.1) is 0 Å². The van der Waals surface area contributed by atoms with E-state index in [-0.39, 0.29) is 42.9 Å². The lowest BCUT2D eigenvalue weighted by Gasteiger charge is -2.29. The summed E-state index contributed by atoms with van der Waals surface area (Å²) < 4.78 is 2.64. The molecule has 0 saturated carbocycles. The lowest BCUT2D eigenvalue weighted by atomic mass is 10.0. The molecule has 3 rings (SSSR count).